The van der Waals surface area contributed by atoms with Crippen LogP contribution in [0, 0.1) is 0 Å². The van der Waals surface area contributed by atoms with Gasteiger partial charge in [-0.15, -0.1) is 12.4 Å². The Bertz CT molecular complexity index is 466. The van der Waals surface area contributed by atoms with Crippen LogP contribution in [0.25, 0.3) is 0 Å². The van der Waals surface area contributed by atoms with Gasteiger partial charge in [0.1, 0.15) is 5.75 Å². The summed E-state index contributed by atoms with van der Waals surface area (Å²) in [5.74, 6) is 1.07. The number of rotatable bonds is 3. The van der Waals surface area contributed by atoms with Crippen LogP contribution in [-0.2, 0) is 5.54 Å². The molecule has 0 aromatic heterocycles. The minimum absolute atomic E-state index is 0. The van der Waals surface area contributed by atoms with Crippen molar-refractivity contribution in [3.8, 4) is 5.75 Å². The third-order valence-corrected chi connectivity index (χ3v) is 5.40. The third kappa shape index (κ3) is 3.27. The van der Waals surface area contributed by atoms with Crippen LogP contribution in [0.2, 0.25) is 0 Å². The molecule has 2 fully saturated rings. The zero-order valence-corrected chi connectivity index (χ0v) is 14.7. The number of nitrogens with zero attached hydrogens (tertiary/aromatic N) is 2. The van der Waals surface area contributed by atoms with Crippen molar-refractivity contribution in [1.29, 1.82) is 0 Å². The van der Waals surface area contributed by atoms with Crippen molar-refractivity contribution in [1.82, 2.24) is 9.80 Å². The summed E-state index contributed by atoms with van der Waals surface area (Å²) < 4.78 is 5.70. The van der Waals surface area contributed by atoms with E-state index in [1.165, 1.54) is 63.8 Å². The molecule has 1 saturated heterocycles. The van der Waals surface area contributed by atoms with Crippen LogP contribution >= 0.6 is 12.4 Å². The van der Waals surface area contributed by atoms with Gasteiger partial charge in [0.25, 0.3) is 0 Å². The Morgan fingerprint density at radius 1 is 0.955 bits per heavy atom. The molecule has 0 radical (unpaired) electrons. The lowest BCUT2D eigenvalue weighted by Gasteiger charge is -2.50. The smallest absolute Gasteiger partial charge is 0.123 e. The van der Waals surface area contributed by atoms with Crippen molar-refractivity contribution in [3.63, 3.8) is 0 Å². The van der Waals surface area contributed by atoms with Crippen molar-refractivity contribution >= 4 is 12.4 Å². The highest BCUT2D eigenvalue weighted by molar-refractivity contribution is 5.85. The van der Waals surface area contributed by atoms with Crippen LogP contribution in [0.15, 0.2) is 24.3 Å². The van der Waals surface area contributed by atoms with Gasteiger partial charge < -0.3 is 9.64 Å². The molecule has 1 aromatic carbocycles. The molecule has 0 bridgehead atoms. The van der Waals surface area contributed by atoms with Crippen molar-refractivity contribution in [2.45, 2.75) is 37.6 Å². The fourth-order valence-electron chi connectivity index (χ4n) is 4.16. The maximum Gasteiger partial charge on any atom is 0.123 e. The maximum atomic E-state index is 5.70. The van der Waals surface area contributed by atoms with Gasteiger partial charge in [-0.05, 0) is 26.0 Å². The molecule has 1 aliphatic carbocycles. The molecule has 2 aliphatic rings. The molecule has 0 spiro atoms. The molecule has 1 heterocycles. The average Bonchev–Trinajstić information content (AvgIpc) is 2.56. The van der Waals surface area contributed by atoms with E-state index in [0.29, 0.717) is 0 Å². The van der Waals surface area contributed by atoms with Crippen LogP contribution in [0.5, 0.6) is 5.75 Å². The lowest BCUT2D eigenvalue weighted by Crippen LogP contribution is -2.55. The van der Waals surface area contributed by atoms with E-state index in [2.05, 4.69) is 41.1 Å². The number of methoxy groups -OCH3 is 1. The Kier molecular flexibility index (Phi) is 6.13. The summed E-state index contributed by atoms with van der Waals surface area (Å²) in [5.41, 5.74) is 1.61. The highest BCUT2D eigenvalue weighted by atomic mass is 35.5. The van der Waals surface area contributed by atoms with Crippen LogP contribution in [0.4, 0.5) is 0 Å². The fourth-order valence-corrected chi connectivity index (χ4v) is 4.16. The van der Waals surface area contributed by atoms with Gasteiger partial charge in [0.05, 0.1) is 7.11 Å². The number of hydrogen-bond acceptors (Lipinski definition) is 3. The molecule has 0 atom stereocenters. The van der Waals surface area contributed by atoms with Crippen LogP contribution < -0.4 is 4.74 Å². The first kappa shape index (κ1) is 17.6. The monoisotopic (exact) mass is 324 g/mol. The molecule has 0 amide bonds. The molecule has 1 saturated carbocycles. The van der Waals surface area contributed by atoms with E-state index < -0.39 is 0 Å². The molecule has 4 heteroatoms. The van der Waals surface area contributed by atoms with Gasteiger partial charge in [0, 0.05) is 37.3 Å². The first-order chi connectivity index (χ1) is 10.3. The number of likely N-dealkylation sites (N-methyl/N-ethyl adjacent to an activating group) is 1. The first-order valence-electron chi connectivity index (χ1n) is 8.33. The fraction of sp³-hybridized carbons (Fsp3) is 0.667. The number of piperazine rings is 1. The van der Waals surface area contributed by atoms with Crippen LogP contribution in [-0.4, -0.2) is 50.1 Å². The zero-order valence-electron chi connectivity index (χ0n) is 13.9. The predicted molar refractivity (Wildman–Crippen MR) is 94.1 cm³/mol. The minimum Gasteiger partial charge on any atom is -0.496 e. The Hall–Kier alpha value is -0.770. The standard InChI is InChI=1S/C18H28N2O.ClH/c1-19-12-14-20(15-13-19)18(10-6-3-7-11-18)16-8-4-5-9-17(16)21-2;/h4-5,8-9H,3,6-7,10-15H2,1-2H3;1H. The second kappa shape index (κ2) is 7.67. The van der Waals surface area contributed by atoms with Crippen molar-refractivity contribution in [3.05, 3.63) is 29.8 Å². The Morgan fingerprint density at radius 2 is 1.59 bits per heavy atom. The molecule has 1 aliphatic heterocycles. The summed E-state index contributed by atoms with van der Waals surface area (Å²) in [4.78, 5) is 5.18. The summed E-state index contributed by atoms with van der Waals surface area (Å²) in [6, 6.07) is 8.68. The average molecular weight is 325 g/mol. The number of halogens is 1. The van der Waals surface area contributed by atoms with Crippen LogP contribution in [0.1, 0.15) is 37.7 Å². The van der Waals surface area contributed by atoms with Crippen molar-refractivity contribution in [2.24, 2.45) is 0 Å². The van der Waals surface area contributed by atoms with Crippen LogP contribution in [0.3, 0.4) is 0 Å². The highest BCUT2D eigenvalue weighted by Gasteiger charge is 2.42. The largest absolute Gasteiger partial charge is 0.496 e. The molecular weight excluding hydrogens is 296 g/mol. The number of hydrogen-bond donors (Lipinski definition) is 0. The van der Waals surface area contributed by atoms with Gasteiger partial charge in [-0.1, -0.05) is 37.5 Å². The van der Waals surface area contributed by atoms with Gasteiger partial charge >= 0.3 is 0 Å². The SMILES string of the molecule is COc1ccccc1C1(N2CCN(C)CC2)CCCCC1.Cl. The molecule has 3 rings (SSSR count). The number of benzene rings is 1. The lowest BCUT2D eigenvalue weighted by atomic mass is 9.74. The van der Waals surface area contributed by atoms with E-state index in [1.54, 1.807) is 7.11 Å². The maximum absolute atomic E-state index is 5.70. The van der Waals surface area contributed by atoms with E-state index in [4.69, 9.17) is 4.74 Å². The molecule has 22 heavy (non-hydrogen) atoms. The summed E-state index contributed by atoms with van der Waals surface area (Å²) in [6.07, 6.45) is 6.60. The second-order valence-corrected chi connectivity index (χ2v) is 6.58. The molecular formula is C18H29ClN2O. The van der Waals surface area contributed by atoms with Gasteiger partial charge in [-0.3, -0.25) is 4.90 Å². The molecule has 0 N–H and O–H groups in total. The molecule has 1 aromatic rings. The van der Waals surface area contributed by atoms with E-state index in [1.807, 2.05) is 0 Å². The molecule has 124 valence electrons. The summed E-state index contributed by atoms with van der Waals surface area (Å²) in [7, 11) is 4.04. The van der Waals surface area contributed by atoms with Gasteiger partial charge in [0.15, 0.2) is 0 Å². The van der Waals surface area contributed by atoms with Gasteiger partial charge in [-0.25, -0.2) is 0 Å². The molecule has 0 unspecified atom stereocenters. The number of para-hydroxylation sites is 1. The van der Waals surface area contributed by atoms with Crippen molar-refractivity contribution < 1.29 is 4.74 Å². The highest BCUT2D eigenvalue weighted by Crippen LogP contribution is 2.45. The van der Waals surface area contributed by atoms with E-state index in [0.717, 1.165) is 5.75 Å². The molecule has 3 nitrogen and oxygen atoms in total. The third-order valence-electron chi connectivity index (χ3n) is 5.40. The van der Waals surface area contributed by atoms with E-state index >= 15 is 0 Å². The minimum atomic E-state index is 0. The quantitative estimate of drug-likeness (QED) is 0.846. The second-order valence-electron chi connectivity index (χ2n) is 6.58. The van der Waals surface area contributed by atoms with Gasteiger partial charge in [0.2, 0.25) is 0 Å². The normalized spacial score (nSPS) is 22.8. The Balaban J connectivity index is 0.00000176. The number of ether oxygens (including phenoxy) is 1. The topological polar surface area (TPSA) is 15.7 Å². The van der Waals surface area contributed by atoms with E-state index in [9.17, 15) is 0 Å². The van der Waals surface area contributed by atoms with Gasteiger partial charge in [-0.2, -0.15) is 0 Å². The zero-order chi connectivity index (χ0) is 14.7. The first-order valence-corrected chi connectivity index (χ1v) is 8.33. The van der Waals surface area contributed by atoms with Crippen molar-refractivity contribution in [2.75, 3.05) is 40.3 Å². The lowest BCUT2D eigenvalue weighted by molar-refractivity contribution is 0.00875. The Labute approximate surface area is 141 Å². The summed E-state index contributed by atoms with van der Waals surface area (Å²) in [6.45, 7) is 4.71. The predicted octanol–water partition coefficient (Wildman–Crippen LogP) is 3.52. The Morgan fingerprint density at radius 3 is 2.23 bits per heavy atom. The summed E-state index contributed by atoms with van der Waals surface area (Å²) >= 11 is 0. The van der Waals surface area contributed by atoms with E-state index in [-0.39, 0.29) is 17.9 Å². The summed E-state index contributed by atoms with van der Waals surface area (Å²) in [5, 5.41) is 0.